The Kier molecular flexibility index (Phi) is 9.66. The quantitative estimate of drug-likeness (QED) is 0.239. The van der Waals surface area contributed by atoms with Crippen LogP contribution in [0.4, 0.5) is 0 Å². The molecule has 1 nitrogen and oxygen atoms in total. The highest BCUT2D eigenvalue weighted by Crippen LogP contribution is 2.25. The molecule has 0 amide bonds. The third-order valence-corrected chi connectivity index (χ3v) is 11.0. The van der Waals surface area contributed by atoms with E-state index in [0.717, 1.165) is 12.8 Å². The highest BCUT2D eigenvalue weighted by atomic mass is 28.4. The topological polar surface area (TPSA) is 9.23 Å². The average molecular weight is 299 g/mol. The maximum absolute atomic E-state index is 6.60. The largest absolute Gasteiger partial charge is 0.455 e. The van der Waals surface area contributed by atoms with Gasteiger partial charge in [0.2, 0.25) is 0 Å². The molecule has 0 N–H and O–H groups in total. The van der Waals surface area contributed by atoms with Gasteiger partial charge < -0.3 is 4.12 Å². The first-order valence-corrected chi connectivity index (χ1v) is 14.0. The highest BCUT2D eigenvalue weighted by molar-refractivity contribution is 6.84. The standard InChI is InChI=1S/C16H34OSi2/c1-7-9-11-12-14-16-19(5,6)17-18(3,4)15-13-10-8-2/h7-8H,1-2,9-16H2,3-6H3. The molecule has 0 aliphatic heterocycles. The second-order valence-corrected chi connectivity index (χ2v) is 15.5. The van der Waals surface area contributed by atoms with Gasteiger partial charge in [-0.05, 0) is 57.5 Å². The second kappa shape index (κ2) is 9.73. The third-order valence-electron chi connectivity index (χ3n) is 3.43. The Morgan fingerprint density at radius 3 is 1.74 bits per heavy atom. The molecule has 0 bridgehead atoms. The van der Waals surface area contributed by atoms with Gasteiger partial charge in [-0.3, -0.25) is 0 Å². The van der Waals surface area contributed by atoms with Crippen LogP contribution in [-0.2, 0) is 4.12 Å². The van der Waals surface area contributed by atoms with Crippen LogP contribution in [0.1, 0.15) is 38.5 Å². The van der Waals surface area contributed by atoms with Gasteiger partial charge in [0, 0.05) is 0 Å². The normalized spacial score (nSPS) is 12.4. The molecule has 0 aliphatic carbocycles. The summed E-state index contributed by atoms with van der Waals surface area (Å²) in [5.74, 6) is 0. The van der Waals surface area contributed by atoms with Gasteiger partial charge in [0.15, 0.2) is 16.6 Å². The lowest BCUT2D eigenvalue weighted by molar-refractivity contribution is 0.527. The molecule has 0 radical (unpaired) electrons. The molecule has 0 rings (SSSR count). The molecule has 0 aromatic rings. The van der Waals surface area contributed by atoms with Crippen LogP contribution >= 0.6 is 0 Å². The lowest BCUT2D eigenvalue weighted by Gasteiger charge is -2.34. The van der Waals surface area contributed by atoms with Crippen LogP contribution in [0.3, 0.4) is 0 Å². The molecule has 0 saturated heterocycles. The fourth-order valence-electron chi connectivity index (χ4n) is 2.54. The van der Waals surface area contributed by atoms with E-state index in [1.54, 1.807) is 0 Å². The van der Waals surface area contributed by atoms with Crippen molar-refractivity contribution < 1.29 is 4.12 Å². The molecule has 0 atom stereocenters. The van der Waals surface area contributed by atoms with Crippen LogP contribution in [0.2, 0.25) is 38.3 Å². The van der Waals surface area contributed by atoms with E-state index in [9.17, 15) is 0 Å². The van der Waals surface area contributed by atoms with E-state index in [-0.39, 0.29) is 0 Å². The van der Waals surface area contributed by atoms with Crippen molar-refractivity contribution >= 4 is 16.6 Å². The Morgan fingerprint density at radius 2 is 1.21 bits per heavy atom. The van der Waals surface area contributed by atoms with E-state index in [4.69, 9.17) is 4.12 Å². The van der Waals surface area contributed by atoms with E-state index >= 15 is 0 Å². The first-order valence-electron chi connectivity index (χ1n) is 7.75. The van der Waals surface area contributed by atoms with Crippen molar-refractivity contribution in [3.63, 3.8) is 0 Å². The SMILES string of the molecule is C=CCCCCC[Si](C)(C)O[Si](C)(C)CCCC=C. The Hall–Kier alpha value is -0.126. The van der Waals surface area contributed by atoms with Crippen molar-refractivity contribution in [2.75, 3.05) is 0 Å². The van der Waals surface area contributed by atoms with Gasteiger partial charge in [0.25, 0.3) is 0 Å². The van der Waals surface area contributed by atoms with Crippen LogP contribution in [0, 0.1) is 0 Å². The number of hydrogen-bond acceptors (Lipinski definition) is 1. The Morgan fingerprint density at radius 1 is 0.737 bits per heavy atom. The van der Waals surface area contributed by atoms with Gasteiger partial charge in [-0.25, -0.2) is 0 Å². The van der Waals surface area contributed by atoms with Gasteiger partial charge in [-0.2, -0.15) is 0 Å². The molecule has 0 spiro atoms. The summed E-state index contributed by atoms with van der Waals surface area (Å²) in [5, 5.41) is 0. The van der Waals surface area contributed by atoms with Gasteiger partial charge in [0.1, 0.15) is 0 Å². The zero-order valence-electron chi connectivity index (χ0n) is 13.6. The molecular weight excluding hydrogens is 264 g/mol. The summed E-state index contributed by atoms with van der Waals surface area (Å²) in [4.78, 5) is 0. The van der Waals surface area contributed by atoms with Crippen LogP contribution in [0.15, 0.2) is 25.3 Å². The summed E-state index contributed by atoms with van der Waals surface area (Å²) in [6.07, 6.45) is 11.5. The monoisotopic (exact) mass is 298 g/mol. The maximum atomic E-state index is 6.60. The highest BCUT2D eigenvalue weighted by Gasteiger charge is 2.31. The first kappa shape index (κ1) is 18.9. The third kappa shape index (κ3) is 11.4. The molecule has 0 aliphatic rings. The van der Waals surface area contributed by atoms with Crippen molar-refractivity contribution in [2.24, 2.45) is 0 Å². The molecule has 19 heavy (non-hydrogen) atoms. The molecular formula is C16H34OSi2. The van der Waals surface area contributed by atoms with Crippen LogP contribution in [0.5, 0.6) is 0 Å². The van der Waals surface area contributed by atoms with Crippen molar-refractivity contribution in [3.8, 4) is 0 Å². The van der Waals surface area contributed by atoms with Crippen LogP contribution in [-0.4, -0.2) is 16.6 Å². The lowest BCUT2D eigenvalue weighted by atomic mass is 10.2. The summed E-state index contributed by atoms with van der Waals surface area (Å²) in [6.45, 7) is 17.1. The molecule has 0 aromatic carbocycles. The average Bonchev–Trinajstić information content (AvgIpc) is 2.27. The number of unbranched alkanes of at least 4 members (excludes halogenated alkanes) is 4. The van der Waals surface area contributed by atoms with Gasteiger partial charge in [-0.15, -0.1) is 13.2 Å². The zero-order valence-corrected chi connectivity index (χ0v) is 15.6. The predicted molar refractivity (Wildman–Crippen MR) is 93.8 cm³/mol. The summed E-state index contributed by atoms with van der Waals surface area (Å²) >= 11 is 0. The number of hydrogen-bond donors (Lipinski definition) is 0. The summed E-state index contributed by atoms with van der Waals surface area (Å²) in [6, 6.07) is 2.58. The van der Waals surface area contributed by atoms with E-state index in [1.165, 1.54) is 37.8 Å². The molecule has 0 saturated carbocycles. The fourth-order valence-corrected chi connectivity index (χ4v) is 11.5. The van der Waals surface area contributed by atoms with E-state index in [0.29, 0.717) is 0 Å². The molecule has 3 heteroatoms. The summed E-state index contributed by atoms with van der Waals surface area (Å²) < 4.78 is 6.60. The van der Waals surface area contributed by atoms with Crippen molar-refractivity contribution in [3.05, 3.63) is 25.3 Å². The fraction of sp³-hybridized carbons (Fsp3) is 0.750. The predicted octanol–water partition coefficient (Wildman–Crippen LogP) is 6.13. The number of allylic oxidation sites excluding steroid dienone is 2. The van der Waals surface area contributed by atoms with Crippen LogP contribution in [0.25, 0.3) is 0 Å². The summed E-state index contributed by atoms with van der Waals surface area (Å²) in [7, 11) is -2.90. The number of rotatable bonds is 12. The van der Waals surface area contributed by atoms with Gasteiger partial charge >= 0.3 is 0 Å². The molecule has 0 aromatic heterocycles. The minimum Gasteiger partial charge on any atom is -0.455 e. The van der Waals surface area contributed by atoms with E-state index in [2.05, 4.69) is 39.3 Å². The second-order valence-electron chi connectivity index (χ2n) is 6.69. The molecule has 0 unspecified atom stereocenters. The minimum atomic E-state index is -1.45. The minimum absolute atomic E-state index is 1.13. The first-order chi connectivity index (χ1) is 8.83. The van der Waals surface area contributed by atoms with Crippen molar-refractivity contribution in [1.82, 2.24) is 0 Å². The van der Waals surface area contributed by atoms with Gasteiger partial charge in [-0.1, -0.05) is 31.4 Å². The molecule has 0 fully saturated rings. The summed E-state index contributed by atoms with van der Waals surface area (Å²) in [5.41, 5.74) is 0. The molecule has 112 valence electrons. The van der Waals surface area contributed by atoms with Crippen molar-refractivity contribution in [2.45, 2.75) is 76.8 Å². The smallest absolute Gasteiger partial charge is 0.173 e. The van der Waals surface area contributed by atoms with Crippen molar-refractivity contribution in [1.29, 1.82) is 0 Å². The van der Waals surface area contributed by atoms with E-state index in [1.807, 2.05) is 12.2 Å². The Bertz CT molecular complexity index is 259. The molecule has 0 heterocycles. The van der Waals surface area contributed by atoms with Crippen LogP contribution < -0.4 is 0 Å². The maximum Gasteiger partial charge on any atom is 0.173 e. The van der Waals surface area contributed by atoms with E-state index < -0.39 is 16.6 Å². The lowest BCUT2D eigenvalue weighted by Crippen LogP contribution is -2.44. The zero-order chi connectivity index (χ0) is 14.8. The Balaban J connectivity index is 3.96. The van der Waals surface area contributed by atoms with Gasteiger partial charge in [0.05, 0.1) is 0 Å². The Labute approximate surface area is 123 Å².